The van der Waals surface area contributed by atoms with Crippen molar-refractivity contribution in [2.75, 3.05) is 70.2 Å². The van der Waals surface area contributed by atoms with Gasteiger partial charge in [0.25, 0.3) is 6.43 Å². The number of likely N-dealkylation sites (N-methyl/N-ethyl adjacent to an activating group) is 1. The molecule has 0 atom stereocenters. The molecule has 2 aromatic heterocycles. The third-order valence-electron chi connectivity index (χ3n) is 7.61. The standard InChI is InChI=1S/C28H38F2N8O2/c1-36(2)18-25(39)31-16-19-7-9-20(10-8-19)17-32-28-34-23(37-11-13-40-14-12-37)15-24(35-28)38-22-6-4-3-5-21(22)33-27(38)26(29)30/h3-6,15,19-20,26H,7-14,16-18H2,1-2H3,(H,31,39)(H,32,34,35). The van der Waals surface area contributed by atoms with Gasteiger partial charge in [-0.1, -0.05) is 12.1 Å². The molecule has 0 spiro atoms. The van der Waals surface area contributed by atoms with Crippen LogP contribution in [0.1, 0.15) is 37.9 Å². The average molecular weight is 557 g/mol. The largest absolute Gasteiger partial charge is 0.378 e. The molecule has 10 nitrogen and oxygen atoms in total. The van der Waals surface area contributed by atoms with Crippen LogP contribution in [0.3, 0.4) is 0 Å². The van der Waals surface area contributed by atoms with Crippen LogP contribution in [0.5, 0.6) is 0 Å². The fourth-order valence-corrected chi connectivity index (χ4v) is 5.48. The average Bonchev–Trinajstić information content (AvgIpc) is 3.36. The van der Waals surface area contributed by atoms with E-state index < -0.39 is 6.43 Å². The van der Waals surface area contributed by atoms with Gasteiger partial charge in [0.1, 0.15) is 11.6 Å². The first-order valence-electron chi connectivity index (χ1n) is 14.0. The van der Waals surface area contributed by atoms with Crippen molar-refractivity contribution in [3.8, 4) is 5.82 Å². The highest BCUT2D eigenvalue weighted by molar-refractivity contribution is 5.78. The number of carbonyl (C=O) groups is 1. The number of ether oxygens (including phenoxy) is 1. The first-order valence-corrected chi connectivity index (χ1v) is 14.0. The smallest absolute Gasteiger partial charge is 0.296 e. The molecule has 1 saturated heterocycles. The van der Waals surface area contributed by atoms with Crippen molar-refractivity contribution in [2.45, 2.75) is 32.1 Å². The molecule has 3 heterocycles. The minimum Gasteiger partial charge on any atom is -0.378 e. The van der Waals surface area contributed by atoms with Crippen molar-refractivity contribution in [3.05, 3.63) is 36.2 Å². The summed E-state index contributed by atoms with van der Waals surface area (Å²) in [6, 6.07) is 8.85. The second-order valence-electron chi connectivity index (χ2n) is 10.9. The van der Waals surface area contributed by atoms with Crippen molar-refractivity contribution in [1.29, 1.82) is 0 Å². The second-order valence-corrected chi connectivity index (χ2v) is 10.9. The number of aromatic nitrogens is 4. The lowest BCUT2D eigenvalue weighted by Crippen LogP contribution is -2.37. The number of nitrogens with one attached hydrogen (secondary N) is 2. The number of amides is 1. The van der Waals surface area contributed by atoms with Crippen LogP contribution in [0.25, 0.3) is 16.9 Å². The predicted octanol–water partition coefficient (Wildman–Crippen LogP) is 3.49. The van der Waals surface area contributed by atoms with Gasteiger partial charge in [-0.3, -0.25) is 9.36 Å². The third-order valence-corrected chi connectivity index (χ3v) is 7.61. The molecule has 12 heteroatoms. The van der Waals surface area contributed by atoms with E-state index in [4.69, 9.17) is 14.7 Å². The van der Waals surface area contributed by atoms with Gasteiger partial charge in [0, 0.05) is 32.2 Å². The Kier molecular flexibility index (Phi) is 9.05. The fourth-order valence-electron chi connectivity index (χ4n) is 5.48. The topological polar surface area (TPSA) is 100 Å². The molecular formula is C28H38F2N8O2. The van der Waals surface area contributed by atoms with Crippen LogP contribution in [-0.2, 0) is 9.53 Å². The van der Waals surface area contributed by atoms with Crippen molar-refractivity contribution < 1.29 is 18.3 Å². The summed E-state index contributed by atoms with van der Waals surface area (Å²) < 4.78 is 35.1. The van der Waals surface area contributed by atoms with Gasteiger partial charge in [0.2, 0.25) is 11.9 Å². The Bertz CT molecular complexity index is 1290. The van der Waals surface area contributed by atoms with E-state index in [-0.39, 0.29) is 11.7 Å². The Morgan fingerprint density at radius 3 is 2.40 bits per heavy atom. The number of carbonyl (C=O) groups excluding carboxylic acids is 1. The SMILES string of the molecule is CN(C)CC(=O)NCC1CCC(CNc2nc(N3CCOCC3)cc(-n3c(C(F)F)nc4ccccc43)n2)CC1. The molecule has 1 aliphatic heterocycles. The number of imidazole rings is 1. The maximum Gasteiger partial charge on any atom is 0.296 e. The highest BCUT2D eigenvalue weighted by atomic mass is 19.3. The molecule has 0 unspecified atom stereocenters. The number of rotatable bonds is 10. The van der Waals surface area contributed by atoms with Gasteiger partial charge in [-0.2, -0.15) is 9.97 Å². The van der Waals surface area contributed by atoms with E-state index in [9.17, 15) is 13.6 Å². The van der Waals surface area contributed by atoms with E-state index >= 15 is 0 Å². The highest BCUT2D eigenvalue weighted by Crippen LogP contribution is 2.31. The number of alkyl halides is 2. The fraction of sp³-hybridized carbons (Fsp3) is 0.571. The maximum atomic E-state index is 14.1. The van der Waals surface area contributed by atoms with Crippen LogP contribution in [0.15, 0.2) is 30.3 Å². The molecule has 1 aliphatic carbocycles. The van der Waals surface area contributed by atoms with Crippen molar-refractivity contribution in [1.82, 2.24) is 29.7 Å². The van der Waals surface area contributed by atoms with Gasteiger partial charge in [-0.25, -0.2) is 13.8 Å². The van der Waals surface area contributed by atoms with E-state index in [2.05, 4.69) is 20.5 Å². The summed E-state index contributed by atoms with van der Waals surface area (Å²) in [5, 5.41) is 6.45. The number of nitrogens with zero attached hydrogens (tertiary/aromatic N) is 6. The zero-order valence-electron chi connectivity index (χ0n) is 23.2. The van der Waals surface area contributed by atoms with Crippen LogP contribution >= 0.6 is 0 Å². The summed E-state index contributed by atoms with van der Waals surface area (Å²) in [6.45, 7) is 4.30. The third kappa shape index (κ3) is 6.84. The first-order chi connectivity index (χ1) is 19.4. The van der Waals surface area contributed by atoms with Gasteiger partial charge >= 0.3 is 0 Å². The number of fused-ring (bicyclic) bond motifs is 1. The molecule has 1 aromatic carbocycles. The molecule has 216 valence electrons. The maximum absolute atomic E-state index is 14.1. The number of para-hydroxylation sites is 2. The number of anilines is 2. The number of benzene rings is 1. The van der Waals surface area contributed by atoms with Crippen LogP contribution in [0.4, 0.5) is 20.5 Å². The van der Waals surface area contributed by atoms with Gasteiger partial charge < -0.3 is 25.2 Å². The molecule has 2 aliphatic rings. The lowest BCUT2D eigenvalue weighted by Gasteiger charge is -2.30. The molecule has 40 heavy (non-hydrogen) atoms. The predicted molar refractivity (Wildman–Crippen MR) is 150 cm³/mol. The van der Waals surface area contributed by atoms with Crippen molar-refractivity contribution in [2.24, 2.45) is 11.8 Å². The molecule has 2 N–H and O–H groups in total. The molecule has 1 saturated carbocycles. The Hall–Kier alpha value is -3.38. The van der Waals surface area contributed by atoms with Crippen LogP contribution in [-0.4, -0.2) is 90.4 Å². The molecule has 5 rings (SSSR count). The Morgan fingerprint density at radius 1 is 1.02 bits per heavy atom. The van der Waals surface area contributed by atoms with E-state index in [0.29, 0.717) is 86.4 Å². The second kappa shape index (κ2) is 12.9. The van der Waals surface area contributed by atoms with E-state index in [1.807, 2.05) is 25.1 Å². The minimum absolute atomic E-state index is 0.0579. The minimum atomic E-state index is -2.76. The van der Waals surface area contributed by atoms with E-state index in [0.717, 1.165) is 25.7 Å². The molecular weight excluding hydrogens is 518 g/mol. The summed E-state index contributed by atoms with van der Waals surface area (Å²) >= 11 is 0. The first kappa shape index (κ1) is 28.2. The summed E-state index contributed by atoms with van der Waals surface area (Å²) in [6.07, 6.45) is 1.42. The number of halogens is 2. The quantitative estimate of drug-likeness (QED) is 0.392. The Labute approximate surface area is 233 Å². The Balaban J connectivity index is 1.31. The molecule has 2 fully saturated rings. The van der Waals surface area contributed by atoms with Gasteiger partial charge in [-0.05, 0) is 63.7 Å². The van der Waals surface area contributed by atoms with Crippen LogP contribution in [0, 0.1) is 11.8 Å². The van der Waals surface area contributed by atoms with Gasteiger partial charge in [0.15, 0.2) is 5.82 Å². The van der Waals surface area contributed by atoms with Gasteiger partial charge in [-0.15, -0.1) is 0 Å². The summed E-state index contributed by atoms with van der Waals surface area (Å²) in [7, 11) is 3.77. The monoisotopic (exact) mass is 556 g/mol. The number of morpholine rings is 1. The lowest BCUT2D eigenvalue weighted by molar-refractivity contribution is -0.121. The van der Waals surface area contributed by atoms with E-state index in [1.165, 1.54) is 4.57 Å². The molecule has 1 amide bonds. The van der Waals surface area contributed by atoms with Crippen LogP contribution in [0.2, 0.25) is 0 Å². The molecule has 0 bridgehead atoms. The summed E-state index contributed by atoms with van der Waals surface area (Å²) in [5.74, 6) is 2.09. The van der Waals surface area contributed by atoms with Crippen LogP contribution < -0.4 is 15.5 Å². The zero-order chi connectivity index (χ0) is 28.1. The molecule has 3 aromatic rings. The summed E-state index contributed by atoms with van der Waals surface area (Å²) in [4.78, 5) is 29.6. The number of hydrogen-bond donors (Lipinski definition) is 2. The van der Waals surface area contributed by atoms with Crippen molar-refractivity contribution in [3.63, 3.8) is 0 Å². The summed E-state index contributed by atoms with van der Waals surface area (Å²) in [5.41, 5.74) is 1.07. The highest BCUT2D eigenvalue weighted by Gasteiger charge is 2.25. The number of hydrogen-bond acceptors (Lipinski definition) is 8. The lowest BCUT2D eigenvalue weighted by atomic mass is 9.82. The normalized spacial score (nSPS) is 19.9. The van der Waals surface area contributed by atoms with Gasteiger partial charge in [0.05, 0.1) is 30.8 Å². The van der Waals surface area contributed by atoms with Crippen molar-refractivity contribution >= 4 is 28.7 Å². The Morgan fingerprint density at radius 2 is 1.70 bits per heavy atom. The zero-order valence-corrected chi connectivity index (χ0v) is 23.2. The molecule has 0 radical (unpaired) electrons. The van der Waals surface area contributed by atoms with E-state index in [1.54, 1.807) is 24.3 Å².